The van der Waals surface area contributed by atoms with Gasteiger partial charge in [0, 0.05) is 27.5 Å². The van der Waals surface area contributed by atoms with E-state index in [-0.39, 0.29) is 5.78 Å². The van der Waals surface area contributed by atoms with Gasteiger partial charge in [-0.3, -0.25) is 9.69 Å². The maximum atomic E-state index is 13.1. The van der Waals surface area contributed by atoms with Gasteiger partial charge in [-0.1, -0.05) is 30.7 Å². The summed E-state index contributed by atoms with van der Waals surface area (Å²) in [5.41, 5.74) is 9.27. The highest BCUT2D eigenvalue weighted by atomic mass is 35.5. The van der Waals surface area contributed by atoms with E-state index in [4.69, 9.17) is 17.3 Å². The summed E-state index contributed by atoms with van der Waals surface area (Å²) < 4.78 is 0. The highest BCUT2D eigenvalue weighted by Crippen LogP contribution is 2.50. The molecule has 0 saturated heterocycles. The van der Waals surface area contributed by atoms with Crippen molar-refractivity contribution in [2.75, 3.05) is 10.7 Å². The predicted octanol–water partition coefficient (Wildman–Crippen LogP) is 5.82. The first-order chi connectivity index (χ1) is 14.1. The number of anilines is 1. The number of para-hydroxylation sites is 1. The molecule has 4 nitrogen and oxygen atoms in total. The van der Waals surface area contributed by atoms with Crippen LogP contribution in [0.2, 0.25) is 5.02 Å². The number of hydrogen-bond acceptors (Lipinski definition) is 6. The first-order valence-corrected chi connectivity index (χ1v) is 11.7. The van der Waals surface area contributed by atoms with Gasteiger partial charge in [0.2, 0.25) is 0 Å². The molecule has 0 saturated carbocycles. The van der Waals surface area contributed by atoms with E-state index < -0.39 is 5.92 Å². The minimum Gasteiger partial charge on any atom is -0.384 e. The van der Waals surface area contributed by atoms with Crippen molar-refractivity contribution in [3.63, 3.8) is 0 Å². The number of nitrogens with zero attached hydrogens (tertiary/aromatic N) is 2. The normalized spacial score (nSPS) is 19.4. The number of nitriles is 1. The molecule has 1 aromatic carbocycles. The zero-order valence-electron chi connectivity index (χ0n) is 15.9. The van der Waals surface area contributed by atoms with Gasteiger partial charge in [-0.15, -0.1) is 23.1 Å². The van der Waals surface area contributed by atoms with Crippen LogP contribution in [0.3, 0.4) is 0 Å². The van der Waals surface area contributed by atoms with Gasteiger partial charge >= 0.3 is 0 Å². The van der Waals surface area contributed by atoms with Crippen LogP contribution < -0.4 is 10.6 Å². The van der Waals surface area contributed by atoms with Crippen molar-refractivity contribution < 1.29 is 4.79 Å². The second kappa shape index (κ2) is 8.27. The fraction of sp³-hybridized carbons (Fsp3) is 0.273. The smallest absolute Gasteiger partial charge is 0.161 e. The lowest BCUT2D eigenvalue weighted by atomic mass is 9.78. The summed E-state index contributed by atoms with van der Waals surface area (Å²) >= 11 is 9.78. The van der Waals surface area contributed by atoms with Gasteiger partial charge in [-0.2, -0.15) is 5.26 Å². The molecule has 2 aliphatic rings. The summed E-state index contributed by atoms with van der Waals surface area (Å²) in [6, 6.07) is 11.8. The largest absolute Gasteiger partial charge is 0.384 e. The average Bonchev–Trinajstić information content (AvgIpc) is 3.16. The summed E-state index contributed by atoms with van der Waals surface area (Å²) in [6.07, 6.45) is 1.98. The number of halogens is 1. The number of Topliss-reactive ketones (excluding diaryl/α,β-unsaturated/α-hetero) is 1. The number of benzene rings is 1. The standard InChI is InChI=1S/C22H20ClN3OS2/c1-2-28-18-10-11-29-21(18)19-13(12-24)22(25)26(15-7-4-3-6-14(15)23)16-8-5-9-17(27)20(16)19/h3-4,6-7,10-11,19H,2,5,8-9,25H2,1H3/t19-/m1/s1. The van der Waals surface area contributed by atoms with Crippen LogP contribution in [0.4, 0.5) is 5.69 Å². The van der Waals surface area contributed by atoms with Crippen molar-refractivity contribution in [3.05, 3.63) is 68.3 Å². The Morgan fingerprint density at radius 3 is 2.86 bits per heavy atom. The predicted molar refractivity (Wildman–Crippen MR) is 120 cm³/mol. The van der Waals surface area contributed by atoms with Gasteiger partial charge in [0.15, 0.2) is 5.78 Å². The Hall–Kier alpha value is -2.20. The maximum Gasteiger partial charge on any atom is 0.161 e. The van der Waals surface area contributed by atoms with Crippen LogP contribution in [0.1, 0.15) is 37.0 Å². The number of carbonyl (C=O) groups excluding carboxylic acids is 1. The summed E-state index contributed by atoms with van der Waals surface area (Å²) in [7, 11) is 0. The molecular formula is C22H20ClN3OS2. The zero-order valence-corrected chi connectivity index (χ0v) is 18.3. The Bertz CT molecular complexity index is 1080. The number of nitrogens with two attached hydrogens (primary N) is 1. The Kier molecular flexibility index (Phi) is 5.73. The molecule has 1 aliphatic heterocycles. The third kappa shape index (κ3) is 3.38. The molecule has 0 spiro atoms. The first kappa shape index (κ1) is 20.1. The molecule has 1 aliphatic carbocycles. The third-order valence-corrected chi connectivity index (χ3v) is 7.61. The summed E-state index contributed by atoms with van der Waals surface area (Å²) in [5, 5.41) is 12.6. The molecule has 0 amide bonds. The van der Waals surface area contributed by atoms with Crippen molar-refractivity contribution in [1.82, 2.24) is 0 Å². The minimum absolute atomic E-state index is 0.0920. The lowest BCUT2D eigenvalue weighted by Gasteiger charge is -2.39. The van der Waals surface area contributed by atoms with Gasteiger partial charge in [0.25, 0.3) is 0 Å². The second-order valence-electron chi connectivity index (χ2n) is 6.85. The Morgan fingerprint density at radius 2 is 2.14 bits per heavy atom. The van der Waals surface area contributed by atoms with Crippen LogP contribution in [0.25, 0.3) is 0 Å². The minimum atomic E-state index is -0.407. The van der Waals surface area contributed by atoms with Crippen LogP contribution in [-0.2, 0) is 4.79 Å². The van der Waals surface area contributed by atoms with Crippen molar-refractivity contribution in [2.45, 2.75) is 37.0 Å². The zero-order chi connectivity index (χ0) is 20.5. The number of allylic oxidation sites excluding steroid dienone is 3. The molecule has 29 heavy (non-hydrogen) atoms. The number of carbonyl (C=O) groups is 1. The van der Waals surface area contributed by atoms with Crippen molar-refractivity contribution in [1.29, 1.82) is 5.26 Å². The van der Waals surface area contributed by atoms with Crippen molar-refractivity contribution in [3.8, 4) is 6.07 Å². The van der Waals surface area contributed by atoms with Crippen LogP contribution in [0, 0.1) is 11.3 Å². The number of thiophene rings is 1. The van der Waals surface area contributed by atoms with Crippen LogP contribution in [0.15, 0.2) is 63.3 Å². The topological polar surface area (TPSA) is 70.1 Å². The molecular weight excluding hydrogens is 422 g/mol. The number of rotatable bonds is 4. The Morgan fingerprint density at radius 1 is 1.34 bits per heavy atom. The molecule has 0 fully saturated rings. The van der Waals surface area contributed by atoms with Crippen LogP contribution in [0.5, 0.6) is 0 Å². The van der Waals surface area contributed by atoms with E-state index in [9.17, 15) is 10.1 Å². The molecule has 148 valence electrons. The number of hydrogen-bond donors (Lipinski definition) is 1. The number of thioether (sulfide) groups is 1. The Labute approximate surface area is 183 Å². The highest BCUT2D eigenvalue weighted by Gasteiger charge is 2.41. The molecule has 0 radical (unpaired) electrons. The molecule has 2 aromatic rings. The molecule has 7 heteroatoms. The monoisotopic (exact) mass is 441 g/mol. The molecule has 2 N–H and O–H groups in total. The van der Waals surface area contributed by atoms with Crippen LogP contribution >= 0.6 is 34.7 Å². The van der Waals surface area contributed by atoms with E-state index in [1.54, 1.807) is 29.2 Å². The average molecular weight is 442 g/mol. The van der Waals surface area contributed by atoms with E-state index in [0.29, 0.717) is 34.1 Å². The molecule has 1 atom stereocenters. The molecule has 1 aromatic heterocycles. The summed E-state index contributed by atoms with van der Waals surface area (Å²) in [4.78, 5) is 17.1. The first-order valence-electron chi connectivity index (χ1n) is 9.49. The van der Waals surface area contributed by atoms with Crippen molar-refractivity contribution >= 4 is 46.2 Å². The third-order valence-electron chi connectivity index (χ3n) is 5.23. The number of ketones is 1. The SMILES string of the molecule is CCSc1ccsc1[C@@H]1C(C#N)=C(N)N(c2ccccc2Cl)C2=C1C(=O)CCC2. The lowest BCUT2D eigenvalue weighted by Crippen LogP contribution is -2.38. The summed E-state index contributed by atoms with van der Waals surface area (Å²) in [6.45, 7) is 2.10. The van der Waals surface area contributed by atoms with Crippen LogP contribution in [-0.4, -0.2) is 11.5 Å². The maximum absolute atomic E-state index is 13.1. The van der Waals surface area contributed by atoms with Gasteiger partial charge in [0.05, 0.1) is 28.3 Å². The van der Waals surface area contributed by atoms with Crippen molar-refractivity contribution in [2.24, 2.45) is 5.73 Å². The fourth-order valence-corrected chi connectivity index (χ4v) is 6.32. The molecule has 4 rings (SSSR count). The van der Waals surface area contributed by atoms with Gasteiger partial charge < -0.3 is 5.73 Å². The fourth-order valence-electron chi connectivity index (χ4n) is 4.05. The van der Waals surface area contributed by atoms with E-state index >= 15 is 0 Å². The molecule has 0 unspecified atom stereocenters. The van der Waals surface area contributed by atoms with E-state index in [0.717, 1.165) is 34.1 Å². The highest BCUT2D eigenvalue weighted by molar-refractivity contribution is 7.99. The van der Waals surface area contributed by atoms with Gasteiger partial charge in [0.1, 0.15) is 5.82 Å². The van der Waals surface area contributed by atoms with E-state index in [1.165, 1.54) is 0 Å². The quantitative estimate of drug-likeness (QED) is 0.605. The van der Waals surface area contributed by atoms with E-state index in [2.05, 4.69) is 19.1 Å². The summed E-state index contributed by atoms with van der Waals surface area (Å²) in [5.74, 6) is 0.966. The van der Waals surface area contributed by atoms with Gasteiger partial charge in [-0.05, 0) is 42.2 Å². The van der Waals surface area contributed by atoms with E-state index in [1.807, 2.05) is 28.5 Å². The molecule has 0 bridgehead atoms. The lowest BCUT2D eigenvalue weighted by molar-refractivity contribution is -0.116. The molecule has 2 heterocycles. The second-order valence-corrected chi connectivity index (χ2v) is 9.51. The Balaban J connectivity index is 1.98. The van der Waals surface area contributed by atoms with Gasteiger partial charge in [-0.25, -0.2) is 0 Å².